The second kappa shape index (κ2) is 3.00. The molecule has 1 saturated heterocycles. The summed E-state index contributed by atoms with van der Waals surface area (Å²) in [5.41, 5.74) is 0. The molecule has 1 rings (SSSR count). The molecule has 4 unspecified atom stereocenters. The van der Waals surface area contributed by atoms with Gasteiger partial charge in [-0.2, -0.15) is 0 Å². The summed E-state index contributed by atoms with van der Waals surface area (Å²) in [7, 11) is 0. The van der Waals surface area contributed by atoms with Crippen LogP contribution in [0.4, 0.5) is 4.39 Å². The number of aliphatic hydroxyl groups is 2. The molecule has 0 aromatic heterocycles. The van der Waals surface area contributed by atoms with Crippen molar-refractivity contribution in [2.45, 2.75) is 23.9 Å². The first-order chi connectivity index (χ1) is 4.66. The molecule has 0 saturated carbocycles. The number of alkyl halides is 2. The maximum atomic E-state index is 12.7. The van der Waals surface area contributed by atoms with Crippen LogP contribution in [0.1, 0.15) is 0 Å². The molecular formula is C5H8ClFO3. The van der Waals surface area contributed by atoms with Crippen LogP contribution in [-0.2, 0) is 4.74 Å². The number of aliphatic hydroxyl groups excluding tert-OH is 2. The number of hydrogen-bond acceptors (Lipinski definition) is 3. The Labute approximate surface area is 62.4 Å². The minimum Gasteiger partial charge on any atom is -0.394 e. The van der Waals surface area contributed by atoms with Gasteiger partial charge in [-0.1, -0.05) is 0 Å². The molecule has 3 nitrogen and oxygen atoms in total. The monoisotopic (exact) mass is 170 g/mol. The summed E-state index contributed by atoms with van der Waals surface area (Å²) >= 11 is 5.33. The first-order valence-corrected chi connectivity index (χ1v) is 3.33. The molecule has 2 N–H and O–H groups in total. The average Bonchev–Trinajstić information content (AvgIpc) is 2.17. The minimum absolute atomic E-state index is 0.457. The lowest BCUT2D eigenvalue weighted by atomic mass is 10.2. The average molecular weight is 171 g/mol. The van der Waals surface area contributed by atoms with Crippen molar-refractivity contribution in [3.8, 4) is 0 Å². The highest BCUT2D eigenvalue weighted by molar-refractivity contribution is 6.21. The van der Waals surface area contributed by atoms with Crippen LogP contribution in [0.3, 0.4) is 0 Å². The Morgan fingerprint density at radius 3 is 2.40 bits per heavy atom. The van der Waals surface area contributed by atoms with Crippen molar-refractivity contribution in [1.82, 2.24) is 0 Å². The summed E-state index contributed by atoms with van der Waals surface area (Å²) in [6, 6.07) is 0. The zero-order valence-electron chi connectivity index (χ0n) is 5.08. The fraction of sp³-hybridized carbons (Fsp3) is 1.00. The van der Waals surface area contributed by atoms with Crippen LogP contribution in [0.15, 0.2) is 0 Å². The Hall–Kier alpha value is 0.100. The molecule has 0 radical (unpaired) electrons. The van der Waals surface area contributed by atoms with Crippen LogP contribution in [0.5, 0.6) is 0 Å². The van der Waals surface area contributed by atoms with Gasteiger partial charge in [0.25, 0.3) is 0 Å². The van der Waals surface area contributed by atoms with Gasteiger partial charge in [0.05, 0.1) is 6.61 Å². The summed E-state index contributed by atoms with van der Waals surface area (Å²) < 4.78 is 17.2. The van der Waals surface area contributed by atoms with Gasteiger partial charge in [0.1, 0.15) is 17.7 Å². The largest absolute Gasteiger partial charge is 0.394 e. The lowest BCUT2D eigenvalue weighted by molar-refractivity contribution is -0.103. The molecule has 0 spiro atoms. The van der Waals surface area contributed by atoms with Gasteiger partial charge >= 0.3 is 0 Å². The first-order valence-electron chi connectivity index (χ1n) is 2.89. The molecule has 0 aromatic carbocycles. The van der Waals surface area contributed by atoms with Crippen LogP contribution < -0.4 is 0 Å². The van der Waals surface area contributed by atoms with E-state index in [4.69, 9.17) is 21.8 Å². The van der Waals surface area contributed by atoms with E-state index < -0.39 is 30.5 Å². The Kier molecular flexibility index (Phi) is 2.46. The van der Waals surface area contributed by atoms with Crippen molar-refractivity contribution in [1.29, 1.82) is 0 Å². The van der Waals surface area contributed by atoms with Gasteiger partial charge < -0.3 is 14.9 Å². The van der Waals surface area contributed by atoms with Crippen molar-refractivity contribution < 1.29 is 19.3 Å². The third kappa shape index (κ3) is 1.25. The molecule has 1 aliphatic rings. The van der Waals surface area contributed by atoms with E-state index in [2.05, 4.69) is 4.74 Å². The quantitative estimate of drug-likeness (QED) is 0.529. The summed E-state index contributed by atoms with van der Waals surface area (Å²) in [5.74, 6) is 0. The van der Waals surface area contributed by atoms with Crippen LogP contribution in [0.2, 0.25) is 0 Å². The molecule has 0 bridgehead atoms. The summed E-state index contributed by atoms with van der Waals surface area (Å²) in [6.45, 7) is -0.457. The Morgan fingerprint density at radius 2 is 2.20 bits per heavy atom. The molecule has 0 aliphatic carbocycles. The molecule has 60 valence electrons. The lowest BCUT2D eigenvalue weighted by Crippen LogP contribution is -2.26. The van der Waals surface area contributed by atoms with Crippen molar-refractivity contribution >= 4 is 11.6 Å². The molecule has 1 heterocycles. The van der Waals surface area contributed by atoms with E-state index in [1.165, 1.54) is 0 Å². The number of ether oxygens (including phenoxy) is 1. The molecule has 10 heavy (non-hydrogen) atoms. The van der Waals surface area contributed by atoms with Crippen molar-refractivity contribution in [3.63, 3.8) is 0 Å². The highest BCUT2D eigenvalue weighted by Gasteiger charge is 2.42. The molecule has 5 heteroatoms. The Morgan fingerprint density at radius 1 is 1.60 bits per heavy atom. The number of halogens is 2. The van der Waals surface area contributed by atoms with E-state index in [1.54, 1.807) is 0 Å². The minimum atomic E-state index is -1.48. The normalized spacial score (nSPS) is 48.0. The zero-order valence-corrected chi connectivity index (χ0v) is 5.83. The maximum absolute atomic E-state index is 12.7. The molecule has 0 amide bonds. The zero-order chi connectivity index (χ0) is 7.72. The van der Waals surface area contributed by atoms with Gasteiger partial charge in [0.2, 0.25) is 0 Å². The van der Waals surface area contributed by atoms with Gasteiger partial charge in [-0.25, -0.2) is 4.39 Å². The second-order valence-electron chi connectivity index (χ2n) is 2.14. The van der Waals surface area contributed by atoms with Crippen LogP contribution in [-0.4, -0.2) is 40.8 Å². The van der Waals surface area contributed by atoms with E-state index in [9.17, 15) is 4.39 Å². The molecule has 4 atom stereocenters. The van der Waals surface area contributed by atoms with E-state index in [1.807, 2.05) is 0 Å². The standard InChI is InChI=1S/C5H8ClFO3/c6-3-4(7)2(1-8)10-5(3)9/h2-5,8-9H,1H2. The second-order valence-corrected chi connectivity index (χ2v) is 2.64. The summed E-state index contributed by atoms with van der Waals surface area (Å²) in [5, 5.41) is 16.1. The fourth-order valence-corrected chi connectivity index (χ4v) is 1.06. The molecular weight excluding hydrogens is 163 g/mol. The number of rotatable bonds is 1. The topological polar surface area (TPSA) is 49.7 Å². The molecule has 1 fully saturated rings. The van der Waals surface area contributed by atoms with Crippen molar-refractivity contribution in [2.24, 2.45) is 0 Å². The summed E-state index contributed by atoms with van der Waals surface area (Å²) in [4.78, 5) is 0. The van der Waals surface area contributed by atoms with E-state index in [0.29, 0.717) is 0 Å². The van der Waals surface area contributed by atoms with Crippen molar-refractivity contribution in [3.05, 3.63) is 0 Å². The van der Waals surface area contributed by atoms with Crippen LogP contribution in [0, 0.1) is 0 Å². The first kappa shape index (κ1) is 8.20. The smallest absolute Gasteiger partial charge is 0.174 e. The predicted octanol–water partition coefficient (Wildman–Crippen LogP) is -0.359. The third-order valence-corrected chi connectivity index (χ3v) is 1.88. The maximum Gasteiger partial charge on any atom is 0.174 e. The molecule has 1 aliphatic heterocycles. The van der Waals surface area contributed by atoms with Crippen LogP contribution >= 0.6 is 11.6 Å². The molecule has 0 aromatic rings. The fourth-order valence-electron chi connectivity index (χ4n) is 0.835. The SMILES string of the molecule is OCC1OC(O)C(Cl)C1F. The van der Waals surface area contributed by atoms with Gasteiger partial charge in [0, 0.05) is 0 Å². The lowest BCUT2D eigenvalue weighted by Gasteiger charge is -2.06. The Balaban J connectivity index is 2.53. The highest BCUT2D eigenvalue weighted by Crippen LogP contribution is 2.26. The van der Waals surface area contributed by atoms with Gasteiger partial charge in [-0.3, -0.25) is 0 Å². The summed E-state index contributed by atoms with van der Waals surface area (Å²) in [6.07, 6.45) is -3.76. The Bertz CT molecular complexity index is 123. The predicted molar refractivity (Wildman–Crippen MR) is 32.5 cm³/mol. The van der Waals surface area contributed by atoms with E-state index in [-0.39, 0.29) is 0 Å². The number of hydrogen-bond donors (Lipinski definition) is 2. The van der Waals surface area contributed by atoms with Gasteiger partial charge in [-0.15, -0.1) is 11.6 Å². The third-order valence-electron chi connectivity index (χ3n) is 1.43. The van der Waals surface area contributed by atoms with E-state index >= 15 is 0 Å². The van der Waals surface area contributed by atoms with E-state index in [0.717, 1.165) is 0 Å². The highest BCUT2D eigenvalue weighted by atomic mass is 35.5. The van der Waals surface area contributed by atoms with Gasteiger partial charge in [0.15, 0.2) is 6.29 Å². The van der Waals surface area contributed by atoms with Crippen molar-refractivity contribution in [2.75, 3.05) is 6.61 Å². The van der Waals surface area contributed by atoms with Crippen LogP contribution in [0.25, 0.3) is 0 Å². The van der Waals surface area contributed by atoms with Gasteiger partial charge in [-0.05, 0) is 0 Å².